The second kappa shape index (κ2) is 10.6. The van der Waals surface area contributed by atoms with Crippen molar-refractivity contribution >= 4 is 23.6 Å². The SMILES string of the molecule is CC(C)=CCC[C@@]1(C)C=Cc2c(O)c3c(c(CC=C(C)C)c2O1)O[C@@]12C(=C[C@H]4CC1C(C)(C)OC2(C/C=C(\C)C(=O)O)C4=O)C3=O. The van der Waals surface area contributed by atoms with E-state index in [0.29, 0.717) is 41.7 Å². The van der Waals surface area contributed by atoms with E-state index in [1.807, 2.05) is 52.8 Å². The second-order valence-electron chi connectivity index (χ2n) is 14.8. The molecule has 0 aromatic heterocycles. The molecule has 0 radical (unpaired) electrons. The predicted molar refractivity (Wildman–Crippen MR) is 174 cm³/mol. The molecule has 0 amide bonds. The summed E-state index contributed by atoms with van der Waals surface area (Å²) < 4.78 is 20.6. The number of fused-ring (bicyclic) bond motifs is 2. The number of ether oxygens (including phenoxy) is 3. The Hall–Kier alpha value is -3.91. The van der Waals surface area contributed by atoms with Gasteiger partial charge in [0.15, 0.2) is 22.8 Å². The van der Waals surface area contributed by atoms with Gasteiger partial charge < -0.3 is 24.4 Å². The Kier molecular flexibility index (Phi) is 7.36. The van der Waals surface area contributed by atoms with Crippen molar-refractivity contribution in [3.8, 4) is 17.2 Å². The molecule has 5 atom stereocenters. The maximum absolute atomic E-state index is 14.7. The average Bonchev–Trinajstić information content (AvgIpc) is 3.12. The first-order valence-corrected chi connectivity index (χ1v) is 16.2. The van der Waals surface area contributed by atoms with Gasteiger partial charge in [-0.3, -0.25) is 9.59 Å². The third kappa shape index (κ3) is 4.47. The molecule has 6 aliphatic rings. The van der Waals surface area contributed by atoms with Crippen LogP contribution in [0.1, 0.15) is 103 Å². The summed E-state index contributed by atoms with van der Waals surface area (Å²) >= 11 is 0. The molecule has 1 aromatic rings. The number of phenolic OH excluding ortho intramolecular Hbond substituents is 1. The van der Waals surface area contributed by atoms with Crippen LogP contribution >= 0.6 is 0 Å². The van der Waals surface area contributed by atoms with Crippen LogP contribution in [-0.4, -0.2) is 50.2 Å². The van der Waals surface area contributed by atoms with Crippen molar-refractivity contribution in [2.75, 3.05) is 0 Å². The lowest BCUT2D eigenvalue weighted by Gasteiger charge is -2.56. The van der Waals surface area contributed by atoms with Gasteiger partial charge in [-0.2, -0.15) is 0 Å². The van der Waals surface area contributed by atoms with E-state index in [2.05, 4.69) is 19.9 Å². The number of carboxylic acids is 1. The van der Waals surface area contributed by atoms with Crippen molar-refractivity contribution in [1.29, 1.82) is 0 Å². The van der Waals surface area contributed by atoms with Gasteiger partial charge >= 0.3 is 5.97 Å². The number of ketones is 2. The molecule has 2 unspecified atom stereocenters. The quantitative estimate of drug-likeness (QED) is 0.228. The molecule has 8 heteroatoms. The highest BCUT2D eigenvalue weighted by Gasteiger charge is 2.81. The molecule has 8 nitrogen and oxygen atoms in total. The van der Waals surface area contributed by atoms with Gasteiger partial charge in [0.25, 0.3) is 0 Å². The molecular weight excluding hydrogens is 584 g/mol. The lowest BCUT2D eigenvalue weighted by molar-refractivity contribution is -0.171. The summed E-state index contributed by atoms with van der Waals surface area (Å²) in [4.78, 5) is 40.8. The highest BCUT2D eigenvalue weighted by Crippen LogP contribution is 2.68. The molecule has 4 bridgehead atoms. The number of phenols is 1. The molecule has 244 valence electrons. The number of hydrogen-bond acceptors (Lipinski definition) is 7. The zero-order valence-corrected chi connectivity index (χ0v) is 28.0. The summed E-state index contributed by atoms with van der Waals surface area (Å²) in [7, 11) is 0. The molecule has 46 heavy (non-hydrogen) atoms. The maximum atomic E-state index is 14.7. The molecule has 3 heterocycles. The van der Waals surface area contributed by atoms with E-state index >= 15 is 0 Å². The van der Waals surface area contributed by atoms with E-state index in [1.165, 1.54) is 18.6 Å². The number of Topliss-reactive ketones (excluding diaryl/α,β-unsaturated/α-hetero) is 2. The van der Waals surface area contributed by atoms with E-state index < -0.39 is 40.1 Å². The van der Waals surface area contributed by atoms with Gasteiger partial charge in [0, 0.05) is 35.0 Å². The zero-order chi connectivity index (χ0) is 33.6. The number of carbonyl (C=O) groups excluding carboxylic acids is 2. The minimum absolute atomic E-state index is 0.0544. The molecule has 7 rings (SSSR count). The Morgan fingerprint density at radius 2 is 1.70 bits per heavy atom. The van der Waals surface area contributed by atoms with Crippen molar-refractivity contribution in [2.24, 2.45) is 11.8 Å². The summed E-state index contributed by atoms with van der Waals surface area (Å²) in [6, 6.07) is 0. The van der Waals surface area contributed by atoms with Crippen LogP contribution in [0.5, 0.6) is 17.2 Å². The highest BCUT2D eigenvalue weighted by atomic mass is 16.6. The smallest absolute Gasteiger partial charge is 0.330 e. The standard InChI is InChI=1S/C38H44O8/c1-20(2)10-9-15-36(8)16-14-24-29(39)28-30(40)26-18-23-19-27-35(6,7)46-37(33(23)41,17-13-22(5)34(42)43)38(26,27)45-32(28)25(31(24)44-36)12-11-21(3)4/h10-11,13-14,16,18,23,27,39H,9,12,15,17,19H2,1-8H3,(H,42,43)/b22-13+/t23-,27?,36-,37?,38-/m0/s1. The summed E-state index contributed by atoms with van der Waals surface area (Å²) in [6.07, 6.45) is 13.4. The summed E-state index contributed by atoms with van der Waals surface area (Å²) in [5.41, 5.74) is -0.952. The molecule has 1 saturated carbocycles. The highest BCUT2D eigenvalue weighted by molar-refractivity contribution is 6.19. The van der Waals surface area contributed by atoms with E-state index in [9.17, 15) is 24.6 Å². The summed E-state index contributed by atoms with van der Waals surface area (Å²) in [6.45, 7) is 15.4. The van der Waals surface area contributed by atoms with Crippen LogP contribution in [-0.2, 0) is 20.7 Å². The Morgan fingerprint density at radius 3 is 2.35 bits per heavy atom. The topological polar surface area (TPSA) is 119 Å². The fraction of sp³-hybridized carbons (Fsp3) is 0.500. The van der Waals surface area contributed by atoms with Crippen LogP contribution in [0, 0.1) is 11.8 Å². The van der Waals surface area contributed by atoms with Gasteiger partial charge in [-0.25, -0.2) is 4.79 Å². The molecular formula is C38H44O8. The van der Waals surface area contributed by atoms with Gasteiger partial charge in [-0.05, 0) is 93.2 Å². The molecule has 2 fully saturated rings. The van der Waals surface area contributed by atoms with Crippen molar-refractivity contribution in [3.63, 3.8) is 0 Å². The summed E-state index contributed by atoms with van der Waals surface area (Å²) in [5.74, 6) is -2.28. The number of carbonyl (C=O) groups is 3. The number of benzene rings is 1. The Bertz CT molecular complexity index is 1730. The van der Waals surface area contributed by atoms with E-state index in [1.54, 1.807) is 6.08 Å². The Labute approximate surface area is 270 Å². The maximum Gasteiger partial charge on any atom is 0.330 e. The lowest BCUT2D eigenvalue weighted by atomic mass is 9.51. The monoisotopic (exact) mass is 628 g/mol. The van der Waals surface area contributed by atoms with Crippen LogP contribution in [0.2, 0.25) is 0 Å². The first kappa shape index (κ1) is 32.0. The summed E-state index contributed by atoms with van der Waals surface area (Å²) in [5, 5.41) is 21.4. The largest absolute Gasteiger partial charge is 0.506 e. The number of carboxylic acid groups (broad SMARTS) is 1. The minimum atomic E-state index is -1.63. The molecule has 1 saturated heterocycles. The van der Waals surface area contributed by atoms with E-state index in [0.717, 1.165) is 12.0 Å². The third-order valence-electron chi connectivity index (χ3n) is 10.5. The van der Waals surface area contributed by atoms with Crippen molar-refractivity contribution in [3.05, 3.63) is 69.4 Å². The number of aromatic hydroxyl groups is 1. The third-order valence-corrected chi connectivity index (χ3v) is 10.5. The van der Waals surface area contributed by atoms with Crippen molar-refractivity contribution < 1.29 is 38.8 Å². The van der Waals surface area contributed by atoms with Crippen LogP contribution in [0.15, 0.2) is 52.7 Å². The van der Waals surface area contributed by atoms with Crippen molar-refractivity contribution in [2.45, 2.75) is 110 Å². The van der Waals surface area contributed by atoms with Gasteiger partial charge in [-0.1, -0.05) is 35.5 Å². The van der Waals surface area contributed by atoms with Gasteiger partial charge in [0.05, 0.1) is 11.2 Å². The molecule has 3 aliphatic heterocycles. The van der Waals surface area contributed by atoms with Crippen LogP contribution < -0.4 is 9.47 Å². The first-order valence-electron chi connectivity index (χ1n) is 16.2. The lowest BCUT2D eigenvalue weighted by Crippen LogP contribution is -2.72. The van der Waals surface area contributed by atoms with Gasteiger partial charge in [0.2, 0.25) is 0 Å². The number of aliphatic carboxylic acids is 1. The zero-order valence-electron chi connectivity index (χ0n) is 28.0. The van der Waals surface area contributed by atoms with Crippen LogP contribution in [0.4, 0.5) is 0 Å². The van der Waals surface area contributed by atoms with E-state index in [4.69, 9.17) is 14.2 Å². The van der Waals surface area contributed by atoms with Crippen molar-refractivity contribution in [1.82, 2.24) is 0 Å². The normalized spacial score (nSPS) is 31.2. The fourth-order valence-electron chi connectivity index (χ4n) is 8.17. The molecule has 3 aliphatic carbocycles. The van der Waals surface area contributed by atoms with Gasteiger partial charge in [-0.15, -0.1) is 0 Å². The molecule has 1 spiro atoms. The fourth-order valence-corrected chi connectivity index (χ4v) is 8.17. The Morgan fingerprint density at radius 1 is 1.00 bits per heavy atom. The molecule has 1 aromatic carbocycles. The van der Waals surface area contributed by atoms with Crippen LogP contribution in [0.25, 0.3) is 6.08 Å². The Balaban J connectivity index is 1.59. The molecule has 2 N–H and O–H groups in total. The van der Waals surface area contributed by atoms with Gasteiger partial charge in [0.1, 0.15) is 28.4 Å². The number of hydrogen-bond donors (Lipinski definition) is 2. The number of rotatable bonds is 8. The van der Waals surface area contributed by atoms with Crippen LogP contribution in [0.3, 0.4) is 0 Å². The predicted octanol–water partition coefficient (Wildman–Crippen LogP) is 7.24. The average molecular weight is 629 g/mol. The number of allylic oxidation sites excluding steroid dienone is 5. The second-order valence-corrected chi connectivity index (χ2v) is 14.8. The minimum Gasteiger partial charge on any atom is -0.506 e. The first-order chi connectivity index (χ1) is 21.5. The van der Waals surface area contributed by atoms with E-state index in [-0.39, 0.29) is 40.8 Å².